The van der Waals surface area contributed by atoms with Gasteiger partial charge in [0.15, 0.2) is 0 Å². The fourth-order valence-electron chi connectivity index (χ4n) is 5.81. The van der Waals surface area contributed by atoms with E-state index in [0.717, 1.165) is 70.1 Å². The van der Waals surface area contributed by atoms with Gasteiger partial charge in [0.25, 0.3) is 0 Å². The summed E-state index contributed by atoms with van der Waals surface area (Å²) >= 11 is 0. The first-order valence-electron chi connectivity index (χ1n) is 13.4. The molecular weight excluding hydrogens is 494 g/mol. The van der Waals surface area contributed by atoms with Gasteiger partial charge in [-0.3, -0.25) is 14.5 Å². The summed E-state index contributed by atoms with van der Waals surface area (Å²) in [6.45, 7) is 9.14. The molecule has 206 valence electrons. The largest absolute Gasteiger partial charge is 0.480 e. The van der Waals surface area contributed by atoms with Crippen LogP contribution in [0, 0.1) is 18.8 Å². The molecule has 3 heterocycles. The number of amides is 1. The number of aryl methyl sites for hydroxylation is 1. The Morgan fingerprint density at radius 1 is 1.08 bits per heavy atom. The first kappa shape index (κ1) is 28.0. The van der Waals surface area contributed by atoms with E-state index in [1.807, 2.05) is 6.92 Å². The van der Waals surface area contributed by atoms with Gasteiger partial charge in [-0.2, -0.15) is 4.72 Å². The third-order valence-corrected chi connectivity index (χ3v) is 9.49. The normalized spacial score (nSPS) is 24.8. The summed E-state index contributed by atoms with van der Waals surface area (Å²) < 4.78 is 27.4. The molecule has 37 heavy (non-hydrogen) atoms. The number of hydrogen-bond acceptors (Lipinski definition) is 7. The zero-order chi connectivity index (χ0) is 26.4. The highest BCUT2D eigenvalue weighted by molar-refractivity contribution is 7.89. The standard InChI is InChI=1S/C26H41N5O5S/c1-19-2-4-23(5-3-19)37(35,36)29-24(26(33)34)16-28-25(32)15-21-8-11-31-13-12-30(18-22(31)14-21)17-20-6-9-27-10-7-20/h2-5,20-22,24,27,29H,6-18H2,1H3,(H,28,32)(H,33,34)/t21?,22-,24+/m1/s1. The first-order chi connectivity index (χ1) is 17.7. The number of fused-ring (bicyclic) bond motifs is 1. The van der Waals surface area contributed by atoms with E-state index in [4.69, 9.17) is 0 Å². The number of benzene rings is 1. The number of aliphatic carboxylic acids is 1. The number of carboxylic acids is 1. The Kier molecular flexibility index (Phi) is 9.57. The molecule has 3 aliphatic heterocycles. The number of carbonyl (C=O) groups is 2. The highest BCUT2D eigenvalue weighted by Gasteiger charge is 2.34. The Morgan fingerprint density at radius 3 is 2.51 bits per heavy atom. The summed E-state index contributed by atoms with van der Waals surface area (Å²) in [5.41, 5.74) is 0.898. The zero-order valence-corrected chi connectivity index (χ0v) is 22.5. The highest BCUT2D eigenvalue weighted by atomic mass is 32.2. The molecule has 4 rings (SSSR count). The van der Waals surface area contributed by atoms with Crippen molar-refractivity contribution in [3.8, 4) is 0 Å². The lowest BCUT2D eigenvalue weighted by molar-refractivity contribution is -0.138. The van der Waals surface area contributed by atoms with E-state index < -0.39 is 22.0 Å². The summed E-state index contributed by atoms with van der Waals surface area (Å²) in [7, 11) is -4.02. The Morgan fingerprint density at radius 2 is 1.81 bits per heavy atom. The van der Waals surface area contributed by atoms with E-state index in [9.17, 15) is 23.1 Å². The molecule has 10 nitrogen and oxygen atoms in total. The monoisotopic (exact) mass is 535 g/mol. The summed E-state index contributed by atoms with van der Waals surface area (Å²) in [4.78, 5) is 29.5. The fourth-order valence-corrected chi connectivity index (χ4v) is 7.00. The van der Waals surface area contributed by atoms with Crippen LogP contribution in [0.25, 0.3) is 0 Å². The second kappa shape index (κ2) is 12.7. The number of rotatable bonds is 10. The summed E-state index contributed by atoms with van der Waals surface area (Å²) in [5.74, 6) is -0.557. The maximum Gasteiger partial charge on any atom is 0.323 e. The molecule has 0 saturated carbocycles. The molecular formula is C26H41N5O5S. The molecule has 1 aromatic carbocycles. The smallest absolute Gasteiger partial charge is 0.323 e. The van der Waals surface area contributed by atoms with E-state index >= 15 is 0 Å². The molecule has 1 amide bonds. The molecule has 11 heteroatoms. The number of nitrogens with zero attached hydrogens (tertiary/aromatic N) is 2. The maximum absolute atomic E-state index is 12.7. The molecule has 0 radical (unpaired) electrons. The van der Waals surface area contributed by atoms with E-state index in [0.29, 0.717) is 12.5 Å². The van der Waals surface area contributed by atoms with Gasteiger partial charge >= 0.3 is 5.97 Å². The molecule has 3 aliphatic rings. The SMILES string of the molecule is Cc1ccc(S(=O)(=O)N[C@@H](CNC(=O)CC2CCN3CCN(CC4CCNCC4)C[C@H]3C2)C(=O)O)cc1. The molecule has 0 spiro atoms. The van der Waals surface area contributed by atoms with Crippen molar-refractivity contribution in [3.05, 3.63) is 29.8 Å². The average Bonchev–Trinajstić information content (AvgIpc) is 2.87. The predicted octanol–water partition coefficient (Wildman–Crippen LogP) is 0.629. The van der Waals surface area contributed by atoms with Gasteiger partial charge in [-0.05, 0) is 76.2 Å². The van der Waals surface area contributed by atoms with Crippen LogP contribution in [0.15, 0.2) is 29.2 Å². The number of sulfonamides is 1. The number of piperidine rings is 2. The van der Waals surface area contributed by atoms with Gasteiger partial charge in [0.2, 0.25) is 15.9 Å². The molecule has 0 aliphatic carbocycles. The molecule has 4 N–H and O–H groups in total. The molecule has 3 atom stereocenters. The van der Waals surface area contributed by atoms with Gasteiger partial charge in [-0.25, -0.2) is 8.42 Å². The van der Waals surface area contributed by atoms with Crippen LogP contribution in [-0.2, 0) is 19.6 Å². The third kappa shape index (κ3) is 7.97. The summed E-state index contributed by atoms with van der Waals surface area (Å²) in [5, 5.41) is 15.6. The number of hydrogen-bond donors (Lipinski definition) is 4. The van der Waals surface area contributed by atoms with Crippen LogP contribution in [0.5, 0.6) is 0 Å². The van der Waals surface area contributed by atoms with Crippen molar-refractivity contribution in [1.29, 1.82) is 0 Å². The van der Waals surface area contributed by atoms with Crippen molar-refractivity contribution in [2.45, 2.75) is 56.0 Å². The van der Waals surface area contributed by atoms with Crippen LogP contribution < -0.4 is 15.4 Å². The minimum atomic E-state index is -4.02. The van der Waals surface area contributed by atoms with Crippen LogP contribution in [-0.4, -0.2) is 99.6 Å². The topological polar surface area (TPSA) is 131 Å². The third-order valence-electron chi connectivity index (χ3n) is 8.00. The average molecular weight is 536 g/mol. The van der Waals surface area contributed by atoms with Gasteiger partial charge < -0.3 is 20.6 Å². The van der Waals surface area contributed by atoms with E-state index in [2.05, 4.69) is 25.2 Å². The molecule has 0 bridgehead atoms. The number of carboxylic acid groups (broad SMARTS) is 1. The lowest BCUT2D eigenvalue weighted by Crippen LogP contribution is -2.57. The van der Waals surface area contributed by atoms with Crippen molar-refractivity contribution >= 4 is 21.9 Å². The number of nitrogens with one attached hydrogen (secondary N) is 3. The van der Waals surface area contributed by atoms with Crippen molar-refractivity contribution < 1.29 is 23.1 Å². The summed E-state index contributed by atoms with van der Waals surface area (Å²) in [6, 6.07) is 5.17. The lowest BCUT2D eigenvalue weighted by Gasteiger charge is -2.47. The van der Waals surface area contributed by atoms with E-state index in [1.54, 1.807) is 12.1 Å². The molecule has 1 unspecified atom stereocenters. The van der Waals surface area contributed by atoms with Gasteiger partial charge in [0.05, 0.1) is 4.90 Å². The van der Waals surface area contributed by atoms with Gasteiger partial charge in [-0.15, -0.1) is 0 Å². The molecule has 1 aromatic rings. The second-order valence-electron chi connectivity index (χ2n) is 10.9. The van der Waals surface area contributed by atoms with E-state index in [-0.39, 0.29) is 23.3 Å². The molecule has 3 saturated heterocycles. The second-order valence-corrected chi connectivity index (χ2v) is 12.6. The van der Waals surface area contributed by atoms with E-state index in [1.165, 1.54) is 25.0 Å². The van der Waals surface area contributed by atoms with Crippen LogP contribution in [0.1, 0.15) is 37.7 Å². The van der Waals surface area contributed by atoms with Crippen molar-refractivity contribution in [1.82, 2.24) is 25.2 Å². The Labute approximate surface area is 220 Å². The lowest BCUT2D eigenvalue weighted by atomic mass is 9.86. The Balaban J connectivity index is 1.24. The first-order valence-corrected chi connectivity index (χ1v) is 14.9. The number of carbonyl (C=O) groups excluding carboxylic acids is 1. The predicted molar refractivity (Wildman–Crippen MR) is 141 cm³/mol. The number of piperazine rings is 1. The Bertz CT molecular complexity index is 1030. The van der Waals surface area contributed by atoms with Gasteiger partial charge in [0.1, 0.15) is 6.04 Å². The van der Waals surface area contributed by atoms with Crippen LogP contribution in [0.4, 0.5) is 0 Å². The van der Waals surface area contributed by atoms with Crippen molar-refractivity contribution in [2.75, 3.05) is 52.4 Å². The minimum Gasteiger partial charge on any atom is -0.480 e. The summed E-state index contributed by atoms with van der Waals surface area (Å²) in [6.07, 6.45) is 4.72. The quantitative estimate of drug-likeness (QED) is 0.343. The van der Waals surface area contributed by atoms with Gasteiger partial charge in [0, 0.05) is 45.2 Å². The Hall–Kier alpha value is -2.05. The van der Waals surface area contributed by atoms with Crippen LogP contribution >= 0.6 is 0 Å². The zero-order valence-electron chi connectivity index (χ0n) is 21.7. The van der Waals surface area contributed by atoms with Gasteiger partial charge in [-0.1, -0.05) is 17.7 Å². The van der Waals surface area contributed by atoms with Crippen molar-refractivity contribution in [3.63, 3.8) is 0 Å². The minimum absolute atomic E-state index is 0.0101. The maximum atomic E-state index is 12.7. The van der Waals surface area contributed by atoms with Crippen LogP contribution in [0.3, 0.4) is 0 Å². The highest BCUT2D eigenvalue weighted by Crippen LogP contribution is 2.29. The fraction of sp³-hybridized carbons (Fsp3) is 0.692. The van der Waals surface area contributed by atoms with Crippen molar-refractivity contribution in [2.24, 2.45) is 11.8 Å². The molecule has 0 aromatic heterocycles. The molecule has 3 fully saturated rings. The van der Waals surface area contributed by atoms with Crippen LogP contribution in [0.2, 0.25) is 0 Å².